The predicted octanol–water partition coefficient (Wildman–Crippen LogP) is 7.64. The molecular formula is C4Br10. The molecule has 0 N–H and O–H groups in total. The maximum absolute atomic E-state index is 3.55. The highest BCUT2D eigenvalue weighted by atomic mass is 80.0. The van der Waals surface area contributed by atoms with Crippen LogP contribution in [0.3, 0.4) is 0 Å². The Morgan fingerprint density at radius 1 is 0.357 bits per heavy atom. The van der Waals surface area contributed by atoms with Crippen molar-refractivity contribution in [3.63, 3.8) is 0 Å². The summed E-state index contributed by atoms with van der Waals surface area (Å²) in [4.78, 5) is 0. The molecule has 0 saturated heterocycles. The van der Waals surface area contributed by atoms with Gasteiger partial charge in [-0.15, -0.1) is 0 Å². The van der Waals surface area contributed by atoms with Crippen molar-refractivity contribution in [2.24, 2.45) is 0 Å². The molecule has 0 aromatic heterocycles. The second kappa shape index (κ2) is 6.06. The first-order valence-corrected chi connectivity index (χ1v) is 10.6. The zero-order valence-corrected chi connectivity index (χ0v) is 21.6. The van der Waals surface area contributed by atoms with Crippen LogP contribution in [0, 0.1) is 0 Å². The van der Waals surface area contributed by atoms with Crippen LogP contribution in [-0.2, 0) is 0 Å². The van der Waals surface area contributed by atoms with E-state index in [1.807, 2.05) is 0 Å². The lowest BCUT2D eigenvalue weighted by Gasteiger charge is -2.44. The highest BCUT2D eigenvalue weighted by Crippen LogP contribution is 2.69. The van der Waals surface area contributed by atoms with Crippen molar-refractivity contribution in [3.05, 3.63) is 0 Å². The largest absolute Gasteiger partial charge is 0.162 e. The summed E-state index contributed by atoms with van der Waals surface area (Å²) in [7, 11) is 0. The van der Waals surface area contributed by atoms with Gasteiger partial charge >= 0.3 is 0 Å². The van der Waals surface area contributed by atoms with Gasteiger partial charge < -0.3 is 0 Å². The lowest BCUT2D eigenvalue weighted by atomic mass is 10.4. The van der Waals surface area contributed by atoms with Crippen molar-refractivity contribution in [1.82, 2.24) is 0 Å². The minimum absolute atomic E-state index is 0.576. The van der Waals surface area contributed by atoms with Gasteiger partial charge in [0.25, 0.3) is 0 Å². The zero-order valence-electron chi connectivity index (χ0n) is 5.78. The molecule has 0 spiro atoms. The lowest BCUT2D eigenvalue weighted by Crippen LogP contribution is -2.51. The number of alkyl halides is 10. The second-order valence-electron chi connectivity index (χ2n) is 2.14. The van der Waals surface area contributed by atoms with Gasteiger partial charge in [-0.3, -0.25) is 0 Å². The highest BCUT2D eigenvalue weighted by molar-refractivity contribution is 9.43. The zero-order chi connectivity index (χ0) is 12.0. The van der Waals surface area contributed by atoms with Crippen LogP contribution in [0.5, 0.6) is 0 Å². The quantitative estimate of drug-likeness (QED) is 0.239. The Morgan fingerprint density at radius 2 is 0.500 bits per heavy atom. The molecule has 0 aromatic rings. The lowest BCUT2D eigenvalue weighted by molar-refractivity contribution is 0.832. The molecule has 0 unspecified atom stereocenters. The predicted molar refractivity (Wildman–Crippen MR) is 100 cm³/mol. The molecule has 14 heavy (non-hydrogen) atoms. The summed E-state index contributed by atoms with van der Waals surface area (Å²) in [6, 6.07) is 0. The molecule has 0 radical (unpaired) electrons. The molecule has 0 nitrogen and oxygen atoms in total. The maximum atomic E-state index is 3.55. The van der Waals surface area contributed by atoms with Crippen LogP contribution < -0.4 is 0 Å². The van der Waals surface area contributed by atoms with E-state index in [2.05, 4.69) is 159 Å². The summed E-state index contributed by atoms with van der Waals surface area (Å²) in [5, 5.41) is 0. The van der Waals surface area contributed by atoms with Crippen molar-refractivity contribution >= 4 is 159 Å². The SMILES string of the molecule is BrC(Br)(Br)C(Br)(Br)C(Br)(Br)C(Br)(Br)Br. The van der Waals surface area contributed by atoms with Gasteiger partial charge in [0.1, 0.15) is 6.47 Å². The minimum atomic E-state index is -0.615. The molecule has 0 atom stereocenters. The van der Waals surface area contributed by atoms with Crippen molar-refractivity contribution in [3.8, 4) is 0 Å². The molecule has 86 valence electrons. The number of hydrogen-bond donors (Lipinski definition) is 0. The van der Waals surface area contributed by atoms with E-state index in [0.717, 1.165) is 0 Å². The summed E-state index contributed by atoms with van der Waals surface area (Å²) in [6.45, 7) is 0. The third-order valence-electron chi connectivity index (χ3n) is 1.11. The van der Waals surface area contributed by atoms with Crippen LogP contribution in [0.4, 0.5) is 0 Å². The van der Waals surface area contributed by atoms with E-state index in [0.29, 0.717) is 0 Å². The first-order valence-electron chi connectivity index (χ1n) is 2.64. The fraction of sp³-hybridized carbons (Fsp3) is 1.00. The summed E-state index contributed by atoms with van der Waals surface area (Å²) in [5.74, 6) is 0. The van der Waals surface area contributed by atoms with Crippen molar-refractivity contribution < 1.29 is 0 Å². The van der Waals surface area contributed by atoms with Crippen molar-refractivity contribution in [2.45, 2.75) is 10.8 Å². The van der Waals surface area contributed by atoms with Crippen molar-refractivity contribution in [1.29, 1.82) is 0 Å². The third-order valence-corrected chi connectivity index (χ3v) is 17.9. The highest BCUT2D eigenvalue weighted by Gasteiger charge is 2.63. The molecule has 0 aliphatic rings. The molecule has 0 aromatic carbocycles. The van der Waals surface area contributed by atoms with Gasteiger partial charge in [0.05, 0.1) is 0 Å². The van der Waals surface area contributed by atoms with E-state index in [4.69, 9.17) is 0 Å². The molecule has 0 fully saturated rings. The monoisotopic (exact) mass is 837 g/mol. The average molecular weight is 847 g/mol. The van der Waals surface area contributed by atoms with Gasteiger partial charge in [0.15, 0.2) is 4.29 Å². The van der Waals surface area contributed by atoms with Crippen LogP contribution in [-0.4, -0.2) is 10.8 Å². The van der Waals surface area contributed by atoms with Crippen LogP contribution in [0.1, 0.15) is 0 Å². The van der Waals surface area contributed by atoms with E-state index < -0.39 is 10.8 Å². The first-order chi connectivity index (χ1) is 5.75. The Kier molecular flexibility index (Phi) is 8.13. The molecule has 0 rings (SSSR count). The van der Waals surface area contributed by atoms with Gasteiger partial charge in [-0.1, -0.05) is 159 Å². The summed E-state index contributed by atoms with van der Waals surface area (Å²) >= 11 is 34.9. The maximum Gasteiger partial charge on any atom is 0.162 e. The number of halogens is 10. The standard InChI is InChI=1S/C4Br10/c5-1(6,3(9,10)11)2(7,8)4(12,13)14. The number of hydrogen-bond acceptors (Lipinski definition) is 0. The molecule has 0 aliphatic carbocycles. The van der Waals surface area contributed by atoms with Crippen LogP contribution in [0.2, 0.25) is 0 Å². The normalized spacial score (nSPS) is 15.9. The average Bonchev–Trinajstić information content (AvgIpc) is 1.81. The van der Waals surface area contributed by atoms with Gasteiger partial charge in [0, 0.05) is 0 Å². The van der Waals surface area contributed by atoms with E-state index in [-0.39, 0.29) is 0 Å². The first kappa shape index (κ1) is 18.8. The van der Waals surface area contributed by atoms with E-state index in [9.17, 15) is 0 Å². The van der Waals surface area contributed by atoms with Gasteiger partial charge in [-0.25, -0.2) is 0 Å². The van der Waals surface area contributed by atoms with Crippen LogP contribution in [0.25, 0.3) is 0 Å². The number of rotatable bonds is 1. The molecule has 0 bridgehead atoms. The molecule has 0 amide bonds. The summed E-state index contributed by atoms with van der Waals surface area (Å²) in [5.41, 5.74) is 0. The Morgan fingerprint density at radius 3 is 0.571 bits per heavy atom. The van der Waals surface area contributed by atoms with E-state index in [1.165, 1.54) is 0 Å². The third kappa shape index (κ3) is 4.15. The van der Waals surface area contributed by atoms with Gasteiger partial charge in [0.2, 0.25) is 0 Å². The smallest absolute Gasteiger partial charge is 0.0666 e. The molecule has 0 heterocycles. The fourth-order valence-corrected chi connectivity index (χ4v) is 6.52. The topological polar surface area (TPSA) is 0 Å². The van der Waals surface area contributed by atoms with Crippen LogP contribution >= 0.6 is 159 Å². The second-order valence-corrected chi connectivity index (χ2v) is 22.6. The Hall–Kier alpha value is 4.80. The van der Waals surface area contributed by atoms with E-state index >= 15 is 0 Å². The van der Waals surface area contributed by atoms with Gasteiger partial charge in [-0.2, -0.15) is 0 Å². The minimum Gasteiger partial charge on any atom is -0.0666 e. The summed E-state index contributed by atoms with van der Waals surface area (Å²) in [6.07, 6.45) is 0. The molecule has 0 aliphatic heterocycles. The Balaban J connectivity index is 5.30. The van der Waals surface area contributed by atoms with E-state index in [1.54, 1.807) is 0 Å². The summed E-state index contributed by atoms with van der Waals surface area (Å²) < 4.78 is -2.38. The Bertz CT molecular complexity index is 181. The molecule has 0 saturated carbocycles. The van der Waals surface area contributed by atoms with Gasteiger partial charge in [-0.05, 0) is 0 Å². The Labute approximate surface area is 167 Å². The fourth-order valence-electron chi connectivity index (χ4n) is 0.356. The van der Waals surface area contributed by atoms with Crippen molar-refractivity contribution in [2.75, 3.05) is 0 Å². The van der Waals surface area contributed by atoms with Crippen LogP contribution in [0.15, 0.2) is 0 Å². The molecular weight excluding hydrogens is 847 g/mol. The molecule has 10 heteroatoms.